The number of nitrogens with one attached hydrogen (secondary N) is 1. The molecule has 1 N–H and O–H groups in total. The summed E-state index contributed by atoms with van der Waals surface area (Å²) in [5.74, 6) is -0.209. The number of rotatable bonds is 5. The number of benzene rings is 2. The number of hydrogen-bond acceptors (Lipinski definition) is 2. The third-order valence-electron chi connectivity index (χ3n) is 3.19. The Morgan fingerprint density at radius 1 is 1.25 bits per heavy atom. The standard InChI is InChI=1S/C16H17BrFNO/c1-11-6-7-13(18)8-12(11)9-19-16-5-3-4-15(17)14(16)10-20-2/h3-8,19H,9-10H2,1-2H3. The highest BCUT2D eigenvalue weighted by Gasteiger charge is 2.07. The number of methoxy groups -OCH3 is 1. The van der Waals surface area contributed by atoms with E-state index in [0.717, 1.165) is 26.9 Å². The molecule has 106 valence electrons. The first-order chi connectivity index (χ1) is 9.61. The fraction of sp³-hybridized carbons (Fsp3) is 0.250. The van der Waals surface area contributed by atoms with E-state index in [4.69, 9.17) is 4.74 Å². The van der Waals surface area contributed by atoms with E-state index in [1.165, 1.54) is 6.07 Å². The van der Waals surface area contributed by atoms with E-state index >= 15 is 0 Å². The van der Waals surface area contributed by atoms with Crippen molar-refractivity contribution < 1.29 is 9.13 Å². The Morgan fingerprint density at radius 3 is 2.80 bits per heavy atom. The molecule has 2 nitrogen and oxygen atoms in total. The molecule has 0 aliphatic heterocycles. The molecule has 0 heterocycles. The van der Waals surface area contributed by atoms with Crippen LogP contribution in [-0.2, 0) is 17.9 Å². The molecule has 0 saturated carbocycles. The topological polar surface area (TPSA) is 21.3 Å². The van der Waals surface area contributed by atoms with Crippen LogP contribution in [0.5, 0.6) is 0 Å². The monoisotopic (exact) mass is 337 g/mol. The van der Waals surface area contributed by atoms with Crippen LogP contribution < -0.4 is 5.32 Å². The summed E-state index contributed by atoms with van der Waals surface area (Å²) < 4.78 is 19.5. The zero-order valence-corrected chi connectivity index (χ0v) is 13.1. The predicted octanol–water partition coefficient (Wildman–Crippen LogP) is 4.66. The van der Waals surface area contributed by atoms with Crippen LogP contribution in [0.4, 0.5) is 10.1 Å². The van der Waals surface area contributed by atoms with Crippen molar-refractivity contribution in [1.29, 1.82) is 0 Å². The molecule has 20 heavy (non-hydrogen) atoms. The van der Waals surface area contributed by atoms with Gasteiger partial charge >= 0.3 is 0 Å². The van der Waals surface area contributed by atoms with Gasteiger partial charge in [0.1, 0.15) is 5.82 Å². The van der Waals surface area contributed by atoms with Gasteiger partial charge in [-0.25, -0.2) is 4.39 Å². The van der Waals surface area contributed by atoms with Gasteiger partial charge < -0.3 is 10.1 Å². The SMILES string of the molecule is COCc1c(Br)cccc1NCc1cc(F)ccc1C. The summed E-state index contributed by atoms with van der Waals surface area (Å²) in [7, 11) is 1.67. The molecule has 0 spiro atoms. The van der Waals surface area contributed by atoms with E-state index in [-0.39, 0.29) is 5.82 Å². The molecule has 0 amide bonds. The summed E-state index contributed by atoms with van der Waals surface area (Å²) in [5, 5.41) is 3.35. The van der Waals surface area contributed by atoms with Crippen molar-refractivity contribution in [2.75, 3.05) is 12.4 Å². The summed E-state index contributed by atoms with van der Waals surface area (Å²) in [6.45, 7) is 3.08. The van der Waals surface area contributed by atoms with Crippen molar-refractivity contribution in [2.24, 2.45) is 0 Å². The van der Waals surface area contributed by atoms with Gasteiger partial charge in [-0.2, -0.15) is 0 Å². The first-order valence-corrected chi connectivity index (χ1v) is 7.16. The first-order valence-electron chi connectivity index (χ1n) is 6.37. The second-order valence-corrected chi connectivity index (χ2v) is 5.48. The van der Waals surface area contributed by atoms with Crippen molar-refractivity contribution in [3.8, 4) is 0 Å². The Bertz CT molecular complexity index is 601. The van der Waals surface area contributed by atoms with Gasteiger partial charge in [0.15, 0.2) is 0 Å². The van der Waals surface area contributed by atoms with E-state index in [0.29, 0.717) is 13.2 Å². The fourth-order valence-corrected chi connectivity index (χ4v) is 2.52. The van der Waals surface area contributed by atoms with E-state index in [1.54, 1.807) is 19.2 Å². The molecule has 2 aromatic carbocycles. The highest BCUT2D eigenvalue weighted by atomic mass is 79.9. The van der Waals surface area contributed by atoms with Crippen molar-refractivity contribution in [3.05, 3.63) is 63.4 Å². The smallest absolute Gasteiger partial charge is 0.123 e. The fourth-order valence-electron chi connectivity index (χ4n) is 2.04. The van der Waals surface area contributed by atoms with Crippen molar-refractivity contribution in [3.63, 3.8) is 0 Å². The van der Waals surface area contributed by atoms with E-state index in [1.807, 2.05) is 25.1 Å². The van der Waals surface area contributed by atoms with Crippen LogP contribution in [0, 0.1) is 12.7 Å². The average Bonchev–Trinajstić information content (AvgIpc) is 2.43. The lowest BCUT2D eigenvalue weighted by molar-refractivity contribution is 0.185. The molecular formula is C16H17BrFNO. The van der Waals surface area contributed by atoms with Crippen LogP contribution in [0.2, 0.25) is 0 Å². The maximum atomic E-state index is 13.3. The lowest BCUT2D eigenvalue weighted by Crippen LogP contribution is -2.05. The highest BCUT2D eigenvalue weighted by Crippen LogP contribution is 2.26. The molecule has 0 atom stereocenters. The molecule has 0 aromatic heterocycles. The zero-order chi connectivity index (χ0) is 14.5. The number of aryl methyl sites for hydroxylation is 1. The number of hydrogen-bond donors (Lipinski definition) is 1. The second kappa shape index (κ2) is 6.86. The quantitative estimate of drug-likeness (QED) is 0.856. The summed E-state index contributed by atoms with van der Waals surface area (Å²) in [4.78, 5) is 0. The summed E-state index contributed by atoms with van der Waals surface area (Å²) in [6.07, 6.45) is 0. The molecule has 0 bridgehead atoms. The van der Waals surface area contributed by atoms with Crippen LogP contribution in [0.1, 0.15) is 16.7 Å². The molecule has 0 unspecified atom stereocenters. The third kappa shape index (κ3) is 3.58. The Labute approximate surface area is 127 Å². The minimum absolute atomic E-state index is 0.209. The zero-order valence-electron chi connectivity index (χ0n) is 11.5. The molecule has 0 aliphatic rings. The van der Waals surface area contributed by atoms with E-state index in [9.17, 15) is 4.39 Å². The van der Waals surface area contributed by atoms with Gasteiger partial charge in [-0.05, 0) is 42.3 Å². The lowest BCUT2D eigenvalue weighted by Gasteiger charge is -2.14. The van der Waals surface area contributed by atoms with Crippen molar-refractivity contribution in [1.82, 2.24) is 0 Å². The predicted molar refractivity (Wildman–Crippen MR) is 83.3 cm³/mol. The molecule has 4 heteroatoms. The molecule has 2 aromatic rings. The highest BCUT2D eigenvalue weighted by molar-refractivity contribution is 9.10. The van der Waals surface area contributed by atoms with Crippen LogP contribution in [0.3, 0.4) is 0 Å². The lowest BCUT2D eigenvalue weighted by atomic mass is 10.1. The third-order valence-corrected chi connectivity index (χ3v) is 3.93. The van der Waals surface area contributed by atoms with E-state index in [2.05, 4.69) is 21.2 Å². The molecule has 0 saturated heterocycles. The summed E-state index contributed by atoms with van der Waals surface area (Å²) >= 11 is 3.52. The van der Waals surface area contributed by atoms with Gasteiger partial charge in [-0.15, -0.1) is 0 Å². The van der Waals surface area contributed by atoms with Crippen molar-refractivity contribution in [2.45, 2.75) is 20.1 Å². The van der Waals surface area contributed by atoms with Gasteiger partial charge in [0.25, 0.3) is 0 Å². The molecule has 0 aliphatic carbocycles. The van der Waals surface area contributed by atoms with Crippen LogP contribution in [0.15, 0.2) is 40.9 Å². The van der Waals surface area contributed by atoms with Gasteiger partial charge in [0.2, 0.25) is 0 Å². The maximum absolute atomic E-state index is 13.3. The molecule has 0 radical (unpaired) electrons. The largest absolute Gasteiger partial charge is 0.381 e. The van der Waals surface area contributed by atoms with Crippen LogP contribution in [-0.4, -0.2) is 7.11 Å². The molecule has 0 fully saturated rings. The maximum Gasteiger partial charge on any atom is 0.123 e. The Balaban J connectivity index is 2.18. The van der Waals surface area contributed by atoms with Crippen molar-refractivity contribution >= 4 is 21.6 Å². The van der Waals surface area contributed by atoms with Gasteiger partial charge in [-0.3, -0.25) is 0 Å². The molecule has 2 rings (SSSR count). The Morgan fingerprint density at radius 2 is 2.05 bits per heavy atom. The van der Waals surface area contributed by atoms with Crippen LogP contribution >= 0.6 is 15.9 Å². The first kappa shape index (κ1) is 15.0. The average molecular weight is 338 g/mol. The van der Waals surface area contributed by atoms with Crippen LogP contribution in [0.25, 0.3) is 0 Å². The Hall–Kier alpha value is -1.39. The van der Waals surface area contributed by atoms with E-state index < -0.39 is 0 Å². The van der Waals surface area contributed by atoms with Gasteiger partial charge in [0.05, 0.1) is 6.61 Å². The summed E-state index contributed by atoms with van der Waals surface area (Å²) in [6, 6.07) is 10.8. The number of halogens is 2. The van der Waals surface area contributed by atoms with Gasteiger partial charge in [-0.1, -0.05) is 28.1 Å². The van der Waals surface area contributed by atoms with Gasteiger partial charge in [0, 0.05) is 29.4 Å². The number of anilines is 1. The minimum Gasteiger partial charge on any atom is -0.381 e. The Kier molecular flexibility index (Phi) is 5.15. The minimum atomic E-state index is -0.209. The normalized spacial score (nSPS) is 10.6. The summed E-state index contributed by atoms with van der Waals surface area (Å²) in [5.41, 5.74) is 4.07. The number of ether oxygens (including phenoxy) is 1. The molecular weight excluding hydrogens is 321 g/mol. The second-order valence-electron chi connectivity index (χ2n) is 4.62.